The van der Waals surface area contributed by atoms with Crippen molar-refractivity contribution in [1.82, 2.24) is 9.97 Å². The highest BCUT2D eigenvalue weighted by Gasteiger charge is 2.08. The van der Waals surface area contributed by atoms with E-state index in [1.165, 1.54) is 17.8 Å². The maximum Gasteiger partial charge on any atom is 0.269 e. The molecule has 0 fully saturated rings. The zero-order valence-electron chi connectivity index (χ0n) is 8.98. The SMILES string of the molecule is O=c1[nH]c(CSc2ccccc2F)nc(O)c1Br. The first-order chi connectivity index (χ1) is 8.58. The van der Waals surface area contributed by atoms with Crippen LogP contribution in [0.15, 0.2) is 38.4 Å². The first kappa shape index (κ1) is 13.1. The number of aromatic amines is 1. The van der Waals surface area contributed by atoms with E-state index in [-0.39, 0.29) is 27.7 Å². The molecule has 0 aliphatic heterocycles. The van der Waals surface area contributed by atoms with Crippen LogP contribution in [0, 0.1) is 5.82 Å². The molecule has 0 saturated heterocycles. The summed E-state index contributed by atoms with van der Waals surface area (Å²) in [5, 5.41) is 9.37. The number of rotatable bonds is 3. The first-order valence-corrected chi connectivity index (χ1v) is 6.71. The van der Waals surface area contributed by atoms with E-state index in [2.05, 4.69) is 25.9 Å². The van der Waals surface area contributed by atoms with Crippen molar-refractivity contribution >= 4 is 27.7 Å². The second kappa shape index (κ2) is 5.53. The summed E-state index contributed by atoms with van der Waals surface area (Å²) in [6.45, 7) is 0. The molecule has 7 heteroatoms. The van der Waals surface area contributed by atoms with Crippen molar-refractivity contribution < 1.29 is 9.50 Å². The average Bonchev–Trinajstić information content (AvgIpc) is 2.35. The quantitative estimate of drug-likeness (QED) is 0.849. The Labute approximate surface area is 114 Å². The molecule has 1 aromatic heterocycles. The standard InChI is InChI=1S/C11H8BrFN2O2S/c12-9-10(16)14-8(15-11(9)17)5-18-7-4-2-1-3-6(7)13/h1-4H,5H2,(H2,14,15,16,17). The summed E-state index contributed by atoms with van der Waals surface area (Å²) < 4.78 is 13.3. The van der Waals surface area contributed by atoms with E-state index in [0.717, 1.165) is 0 Å². The number of hydrogen-bond acceptors (Lipinski definition) is 4. The van der Waals surface area contributed by atoms with Crippen molar-refractivity contribution in [2.24, 2.45) is 0 Å². The van der Waals surface area contributed by atoms with E-state index in [1.54, 1.807) is 18.2 Å². The Balaban J connectivity index is 2.17. The molecule has 0 radical (unpaired) electrons. The molecule has 94 valence electrons. The third-order valence-corrected chi connectivity index (χ3v) is 3.87. The minimum atomic E-state index is -0.466. The summed E-state index contributed by atoms with van der Waals surface area (Å²) in [6.07, 6.45) is 0. The number of nitrogens with zero attached hydrogens (tertiary/aromatic N) is 1. The van der Waals surface area contributed by atoms with Crippen LogP contribution in [0.1, 0.15) is 5.82 Å². The Bertz CT molecular complexity index is 633. The lowest BCUT2D eigenvalue weighted by Gasteiger charge is -2.03. The molecular formula is C11H8BrFN2O2S. The number of aromatic nitrogens is 2. The van der Waals surface area contributed by atoms with Crippen molar-refractivity contribution in [3.63, 3.8) is 0 Å². The summed E-state index contributed by atoms with van der Waals surface area (Å²) in [5.41, 5.74) is -0.466. The van der Waals surface area contributed by atoms with Crippen LogP contribution in [0.4, 0.5) is 4.39 Å². The van der Waals surface area contributed by atoms with Gasteiger partial charge in [-0.2, -0.15) is 4.98 Å². The summed E-state index contributed by atoms with van der Waals surface area (Å²) in [6, 6.07) is 6.32. The Morgan fingerprint density at radius 1 is 1.44 bits per heavy atom. The molecule has 0 spiro atoms. The van der Waals surface area contributed by atoms with Crippen LogP contribution in [0.5, 0.6) is 5.88 Å². The van der Waals surface area contributed by atoms with Crippen LogP contribution < -0.4 is 5.56 Å². The van der Waals surface area contributed by atoms with Gasteiger partial charge in [-0.05, 0) is 28.1 Å². The highest BCUT2D eigenvalue weighted by molar-refractivity contribution is 9.10. The molecule has 0 aliphatic carbocycles. The van der Waals surface area contributed by atoms with E-state index in [1.807, 2.05) is 0 Å². The number of aromatic hydroxyl groups is 1. The molecule has 0 unspecified atom stereocenters. The summed E-state index contributed by atoms with van der Waals surface area (Å²) in [5.74, 6) is -0.153. The maximum absolute atomic E-state index is 13.3. The smallest absolute Gasteiger partial charge is 0.269 e. The number of hydrogen-bond donors (Lipinski definition) is 2. The summed E-state index contributed by atoms with van der Waals surface area (Å²) >= 11 is 4.09. The van der Waals surface area contributed by atoms with Crippen molar-refractivity contribution in [2.45, 2.75) is 10.6 Å². The minimum absolute atomic E-state index is 0.0119. The van der Waals surface area contributed by atoms with E-state index in [4.69, 9.17) is 0 Å². The van der Waals surface area contributed by atoms with Gasteiger partial charge in [0.2, 0.25) is 5.88 Å². The van der Waals surface area contributed by atoms with Crippen LogP contribution in [-0.2, 0) is 5.75 Å². The predicted molar refractivity (Wildman–Crippen MR) is 70.2 cm³/mol. The molecule has 2 rings (SSSR count). The van der Waals surface area contributed by atoms with Gasteiger partial charge in [-0.15, -0.1) is 11.8 Å². The van der Waals surface area contributed by atoms with Crippen LogP contribution in [0.25, 0.3) is 0 Å². The topological polar surface area (TPSA) is 66.0 Å². The molecular weight excluding hydrogens is 323 g/mol. The molecule has 4 nitrogen and oxygen atoms in total. The molecule has 0 bridgehead atoms. The lowest BCUT2D eigenvalue weighted by Crippen LogP contribution is -2.11. The van der Waals surface area contributed by atoms with Gasteiger partial charge < -0.3 is 10.1 Å². The fourth-order valence-corrected chi connectivity index (χ4v) is 2.27. The Morgan fingerprint density at radius 3 is 2.83 bits per heavy atom. The number of halogens is 2. The van der Waals surface area contributed by atoms with Gasteiger partial charge in [-0.1, -0.05) is 12.1 Å². The fourth-order valence-electron chi connectivity index (χ4n) is 1.27. The normalized spacial score (nSPS) is 10.6. The van der Waals surface area contributed by atoms with Gasteiger partial charge in [0.15, 0.2) is 0 Å². The lowest BCUT2D eigenvalue weighted by molar-refractivity contribution is 0.444. The fraction of sp³-hybridized carbons (Fsp3) is 0.0909. The number of thioether (sulfide) groups is 1. The summed E-state index contributed by atoms with van der Waals surface area (Å²) in [7, 11) is 0. The second-order valence-electron chi connectivity index (χ2n) is 3.37. The molecule has 2 N–H and O–H groups in total. The van der Waals surface area contributed by atoms with Gasteiger partial charge in [0, 0.05) is 4.90 Å². The lowest BCUT2D eigenvalue weighted by atomic mass is 10.3. The molecule has 0 saturated carbocycles. The van der Waals surface area contributed by atoms with Gasteiger partial charge in [0.25, 0.3) is 5.56 Å². The average molecular weight is 331 g/mol. The number of H-pyrrole nitrogens is 1. The van der Waals surface area contributed by atoms with Crippen LogP contribution in [-0.4, -0.2) is 15.1 Å². The van der Waals surface area contributed by atoms with Crippen molar-refractivity contribution in [2.75, 3.05) is 0 Å². The Hall–Kier alpha value is -1.34. The Morgan fingerprint density at radius 2 is 2.17 bits per heavy atom. The van der Waals surface area contributed by atoms with Crippen molar-refractivity contribution in [3.8, 4) is 5.88 Å². The van der Waals surface area contributed by atoms with Gasteiger partial charge >= 0.3 is 0 Å². The molecule has 18 heavy (non-hydrogen) atoms. The number of nitrogens with one attached hydrogen (secondary N) is 1. The highest BCUT2D eigenvalue weighted by atomic mass is 79.9. The minimum Gasteiger partial charge on any atom is -0.492 e. The Kier molecular flexibility index (Phi) is 4.03. The maximum atomic E-state index is 13.3. The van der Waals surface area contributed by atoms with E-state index < -0.39 is 5.56 Å². The van der Waals surface area contributed by atoms with Crippen LogP contribution in [0.2, 0.25) is 0 Å². The molecule has 0 atom stereocenters. The van der Waals surface area contributed by atoms with Crippen LogP contribution >= 0.6 is 27.7 Å². The number of benzene rings is 1. The highest BCUT2D eigenvalue weighted by Crippen LogP contribution is 2.24. The van der Waals surface area contributed by atoms with E-state index in [0.29, 0.717) is 4.90 Å². The largest absolute Gasteiger partial charge is 0.492 e. The molecule has 1 heterocycles. The van der Waals surface area contributed by atoms with Gasteiger partial charge in [-0.3, -0.25) is 4.79 Å². The van der Waals surface area contributed by atoms with Gasteiger partial charge in [-0.25, -0.2) is 4.39 Å². The second-order valence-corrected chi connectivity index (χ2v) is 5.18. The predicted octanol–water partition coefficient (Wildman–Crippen LogP) is 2.67. The van der Waals surface area contributed by atoms with Gasteiger partial charge in [0.05, 0.1) is 5.75 Å². The molecule has 2 aromatic rings. The van der Waals surface area contributed by atoms with Crippen LogP contribution in [0.3, 0.4) is 0 Å². The van der Waals surface area contributed by atoms with E-state index >= 15 is 0 Å². The van der Waals surface area contributed by atoms with Crippen molar-refractivity contribution in [3.05, 3.63) is 50.7 Å². The zero-order chi connectivity index (χ0) is 13.1. The molecule has 1 aromatic carbocycles. The third kappa shape index (κ3) is 2.91. The first-order valence-electron chi connectivity index (χ1n) is 4.93. The summed E-state index contributed by atoms with van der Waals surface area (Å²) in [4.78, 5) is 18.1. The third-order valence-electron chi connectivity index (χ3n) is 2.10. The molecule has 0 aliphatic rings. The van der Waals surface area contributed by atoms with E-state index in [9.17, 15) is 14.3 Å². The monoisotopic (exact) mass is 330 g/mol. The van der Waals surface area contributed by atoms with Gasteiger partial charge in [0.1, 0.15) is 16.1 Å². The van der Waals surface area contributed by atoms with Crippen molar-refractivity contribution in [1.29, 1.82) is 0 Å². The zero-order valence-corrected chi connectivity index (χ0v) is 11.4. The molecule has 0 amide bonds.